The molecule has 1 atom stereocenters. The first-order chi connectivity index (χ1) is 7.27. The van der Waals surface area contributed by atoms with Gasteiger partial charge in [-0.2, -0.15) is 13.2 Å². The van der Waals surface area contributed by atoms with Gasteiger partial charge < -0.3 is 9.52 Å². The SMILES string of the molecule is CC(NCc1ccoc1)(C(=O)O)C(F)(F)F. The highest BCUT2D eigenvalue weighted by Gasteiger charge is 2.57. The van der Waals surface area contributed by atoms with Crippen LogP contribution in [0.5, 0.6) is 0 Å². The number of aliphatic carboxylic acids is 1. The molecule has 1 aromatic rings. The molecule has 0 aliphatic carbocycles. The van der Waals surface area contributed by atoms with Crippen LogP contribution in [-0.4, -0.2) is 22.8 Å². The first-order valence-corrected chi connectivity index (χ1v) is 4.33. The molecule has 1 unspecified atom stereocenters. The van der Waals surface area contributed by atoms with Crippen LogP contribution in [0.25, 0.3) is 0 Å². The van der Waals surface area contributed by atoms with E-state index in [-0.39, 0.29) is 6.54 Å². The van der Waals surface area contributed by atoms with Crippen LogP contribution in [0.3, 0.4) is 0 Å². The van der Waals surface area contributed by atoms with Gasteiger partial charge in [-0.1, -0.05) is 0 Å². The zero-order chi connectivity index (χ0) is 12.4. The number of alkyl halides is 3. The minimum absolute atomic E-state index is 0.237. The van der Waals surface area contributed by atoms with E-state index in [1.807, 2.05) is 5.32 Å². The molecule has 1 rings (SSSR count). The Morgan fingerprint density at radius 3 is 2.56 bits per heavy atom. The van der Waals surface area contributed by atoms with Crippen molar-refractivity contribution in [1.82, 2.24) is 5.32 Å². The van der Waals surface area contributed by atoms with Gasteiger partial charge in [-0.3, -0.25) is 5.32 Å². The Bertz CT molecular complexity index is 361. The average molecular weight is 237 g/mol. The molecule has 0 aromatic carbocycles. The quantitative estimate of drug-likeness (QED) is 0.837. The lowest BCUT2D eigenvalue weighted by atomic mass is 10.0. The standard InChI is InChI=1S/C9H10F3NO3/c1-8(7(14)15,9(10,11)12)13-4-6-2-3-16-5-6/h2-3,5,13H,4H2,1H3,(H,14,15). The molecule has 16 heavy (non-hydrogen) atoms. The van der Waals surface area contributed by atoms with Crippen molar-refractivity contribution in [3.05, 3.63) is 24.2 Å². The number of hydrogen-bond acceptors (Lipinski definition) is 3. The summed E-state index contributed by atoms with van der Waals surface area (Å²) in [7, 11) is 0. The van der Waals surface area contributed by atoms with Crippen molar-refractivity contribution in [2.45, 2.75) is 25.2 Å². The van der Waals surface area contributed by atoms with E-state index in [9.17, 15) is 18.0 Å². The molecule has 1 aromatic heterocycles. The lowest BCUT2D eigenvalue weighted by Gasteiger charge is -2.28. The Kier molecular flexibility index (Phi) is 3.27. The van der Waals surface area contributed by atoms with Crippen LogP contribution >= 0.6 is 0 Å². The summed E-state index contributed by atoms with van der Waals surface area (Å²) in [6.07, 6.45) is -2.34. The molecule has 90 valence electrons. The second-order valence-electron chi connectivity index (χ2n) is 3.41. The molecule has 0 bridgehead atoms. The maximum Gasteiger partial charge on any atom is 0.417 e. The fourth-order valence-electron chi connectivity index (χ4n) is 0.969. The topological polar surface area (TPSA) is 62.5 Å². The predicted octanol–water partition coefficient (Wildman–Crippen LogP) is 1.77. The monoisotopic (exact) mass is 237 g/mol. The molecule has 0 aliphatic heterocycles. The molecule has 1 heterocycles. The van der Waals surface area contributed by atoms with Crippen LogP contribution in [0.15, 0.2) is 23.0 Å². The molecule has 0 saturated heterocycles. The third-order valence-corrected chi connectivity index (χ3v) is 2.22. The molecular formula is C9H10F3NO3. The number of nitrogens with one attached hydrogen (secondary N) is 1. The smallest absolute Gasteiger partial charge is 0.417 e. The normalized spacial score (nSPS) is 15.8. The molecule has 2 N–H and O–H groups in total. The van der Waals surface area contributed by atoms with Crippen molar-refractivity contribution in [2.24, 2.45) is 0 Å². The molecular weight excluding hydrogens is 227 g/mol. The first kappa shape index (κ1) is 12.6. The van der Waals surface area contributed by atoms with Gasteiger partial charge in [-0.15, -0.1) is 0 Å². The summed E-state index contributed by atoms with van der Waals surface area (Å²) in [5, 5.41) is 10.5. The van der Waals surface area contributed by atoms with E-state index in [1.54, 1.807) is 0 Å². The molecule has 0 aliphatic rings. The third-order valence-electron chi connectivity index (χ3n) is 2.22. The van der Waals surface area contributed by atoms with E-state index in [2.05, 4.69) is 4.42 Å². The van der Waals surface area contributed by atoms with Crippen LogP contribution in [0.4, 0.5) is 13.2 Å². The Morgan fingerprint density at radius 1 is 1.56 bits per heavy atom. The fourth-order valence-corrected chi connectivity index (χ4v) is 0.969. The van der Waals surface area contributed by atoms with Gasteiger partial charge in [0.1, 0.15) is 0 Å². The third kappa shape index (κ3) is 2.35. The van der Waals surface area contributed by atoms with Crippen LogP contribution in [0.2, 0.25) is 0 Å². The van der Waals surface area contributed by atoms with Crippen molar-refractivity contribution in [1.29, 1.82) is 0 Å². The number of carboxylic acid groups (broad SMARTS) is 1. The number of carboxylic acids is 1. The van der Waals surface area contributed by atoms with Crippen molar-refractivity contribution in [2.75, 3.05) is 0 Å². The summed E-state index contributed by atoms with van der Waals surface area (Å²) < 4.78 is 42.2. The predicted molar refractivity (Wildman–Crippen MR) is 47.6 cm³/mol. The summed E-state index contributed by atoms with van der Waals surface area (Å²) >= 11 is 0. The summed E-state index contributed by atoms with van der Waals surface area (Å²) in [6.45, 7) is 0.341. The summed E-state index contributed by atoms with van der Waals surface area (Å²) in [5.41, 5.74) is -2.53. The number of furan rings is 1. The fraction of sp³-hybridized carbons (Fsp3) is 0.444. The van der Waals surface area contributed by atoms with Gasteiger partial charge in [0.2, 0.25) is 5.54 Å². The van der Waals surface area contributed by atoms with Crippen molar-refractivity contribution in [3.8, 4) is 0 Å². The van der Waals surface area contributed by atoms with Crippen LogP contribution in [-0.2, 0) is 11.3 Å². The minimum Gasteiger partial charge on any atom is -0.480 e. The molecule has 7 heteroatoms. The molecule has 0 radical (unpaired) electrons. The number of hydrogen-bond donors (Lipinski definition) is 2. The van der Waals surface area contributed by atoms with Crippen LogP contribution in [0.1, 0.15) is 12.5 Å². The zero-order valence-electron chi connectivity index (χ0n) is 8.34. The van der Waals surface area contributed by atoms with Crippen LogP contribution in [0, 0.1) is 0 Å². The highest BCUT2D eigenvalue weighted by atomic mass is 19.4. The van der Waals surface area contributed by atoms with E-state index in [0.717, 1.165) is 0 Å². The Morgan fingerprint density at radius 2 is 2.19 bits per heavy atom. The summed E-state index contributed by atoms with van der Waals surface area (Å²) in [5.74, 6) is -1.97. The van der Waals surface area contributed by atoms with Gasteiger partial charge >= 0.3 is 12.1 Å². The summed E-state index contributed by atoms with van der Waals surface area (Å²) in [4.78, 5) is 10.6. The van der Waals surface area contributed by atoms with E-state index in [0.29, 0.717) is 12.5 Å². The van der Waals surface area contributed by atoms with Gasteiger partial charge in [-0.05, 0) is 13.0 Å². The number of carbonyl (C=O) groups is 1. The van der Waals surface area contributed by atoms with Gasteiger partial charge in [0.15, 0.2) is 0 Å². The molecule has 0 saturated carbocycles. The van der Waals surface area contributed by atoms with Crippen molar-refractivity contribution in [3.63, 3.8) is 0 Å². The summed E-state index contributed by atoms with van der Waals surface area (Å²) in [6, 6.07) is 1.45. The zero-order valence-corrected chi connectivity index (χ0v) is 8.34. The lowest BCUT2D eigenvalue weighted by molar-refractivity contribution is -0.206. The number of halogens is 3. The van der Waals surface area contributed by atoms with Crippen LogP contribution < -0.4 is 5.32 Å². The Hall–Kier alpha value is -1.50. The molecule has 0 fully saturated rings. The maximum absolute atomic E-state index is 12.5. The van der Waals surface area contributed by atoms with E-state index >= 15 is 0 Å². The van der Waals surface area contributed by atoms with E-state index in [1.165, 1.54) is 18.6 Å². The first-order valence-electron chi connectivity index (χ1n) is 4.33. The lowest BCUT2D eigenvalue weighted by Crippen LogP contribution is -2.59. The molecule has 0 amide bonds. The highest BCUT2D eigenvalue weighted by molar-refractivity contribution is 5.79. The second-order valence-corrected chi connectivity index (χ2v) is 3.41. The Balaban J connectivity index is 2.77. The molecule has 0 spiro atoms. The highest BCUT2D eigenvalue weighted by Crippen LogP contribution is 2.30. The average Bonchev–Trinajstić information content (AvgIpc) is 2.64. The Labute approximate surface area is 89.1 Å². The molecule has 4 nitrogen and oxygen atoms in total. The second kappa shape index (κ2) is 4.17. The largest absolute Gasteiger partial charge is 0.480 e. The maximum atomic E-state index is 12.5. The minimum atomic E-state index is -4.87. The van der Waals surface area contributed by atoms with Gasteiger partial charge in [-0.25, -0.2) is 4.79 Å². The number of rotatable bonds is 4. The van der Waals surface area contributed by atoms with E-state index in [4.69, 9.17) is 5.11 Å². The van der Waals surface area contributed by atoms with Gasteiger partial charge in [0, 0.05) is 12.1 Å². The van der Waals surface area contributed by atoms with Gasteiger partial charge in [0.25, 0.3) is 0 Å². The van der Waals surface area contributed by atoms with Gasteiger partial charge in [0.05, 0.1) is 12.5 Å². The van der Waals surface area contributed by atoms with Crippen molar-refractivity contribution < 1.29 is 27.5 Å². The van der Waals surface area contributed by atoms with E-state index < -0.39 is 17.7 Å². The van der Waals surface area contributed by atoms with Crippen molar-refractivity contribution >= 4 is 5.97 Å².